The summed E-state index contributed by atoms with van der Waals surface area (Å²) in [6.45, 7) is 27.1. The molecule has 1 saturated heterocycles. The predicted molar refractivity (Wildman–Crippen MR) is 183 cm³/mol. The highest BCUT2D eigenvalue weighted by Crippen LogP contribution is 2.48. The van der Waals surface area contributed by atoms with Gasteiger partial charge in [-0.15, -0.1) is 0 Å². The van der Waals surface area contributed by atoms with Crippen molar-refractivity contribution >= 4 is 11.9 Å². The number of unbranched alkanes of at least 4 members (excludes halogenated alkanes) is 3. The normalized spacial score (nSPS) is 23.7. The zero-order chi connectivity index (χ0) is 30.8. The van der Waals surface area contributed by atoms with E-state index in [0.717, 1.165) is 50.6 Å². The van der Waals surface area contributed by atoms with Gasteiger partial charge >= 0.3 is 0 Å². The van der Waals surface area contributed by atoms with Crippen molar-refractivity contribution in [1.29, 1.82) is 0 Å². The maximum absolute atomic E-state index is 5.60. The van der Waals surface area contributed by atoms with E-state index in [2.05, 4.69) is 77.1 Å². The summed E-state index contributed by atoms with van der Waals surface area (Å²) in [6.07, 6.45) is 12.6. The van der Waals surface area contributed by atoms with E-state index in [-0.39, 0.29) is 7.43 Å². The van der Waals surface area contributed by atoms with Crippen molar-refractivity contribution in [1.82, 2.24) is 19.9 Å². The topological polar surface area (TPSA) is 57.6 Å². The van der Waals surface area contributed by atoms with E-state index < -0.39 is 0 Å². The number of nitrogens with zero attached hydrogens (tertiary/aromatic N) is 6. The van der Waals surface area contributed by atoms with Crippen molar-refractivity contribution in [3.05, 3.63) is 5.82 Å². The number of anilines is 2. The van der Waals surface area contributed by atoms with Crippen molar-refractivity contribution in [2.75, 3.05) is 56.2 Å². The van der Waals surface area contributed by atoms with Crippen molar-refractivity contribution in [3.63, 3.8) is 0 Å². The van der Waals surface area contributed by atoms with Crippen molar-refractivity contribution in [2.24, 2.45) is 21.7 Å². The van der Waals surface area contributed by atoms with Crippen LogP contribution < -0.4 is 9.80 Å². The van der Waals surface area contributed by atoms with E-state index in [9.17, 15) is 0 Å². The molecule has 0 atom stereocenters. The molecule has 4 rings (SSSR count). The minimum Gasteiger partial charge on any atom is -0.378 e. The molecular weight excluding hydrogens is 532 g/mol. The molecule has 248 valence electrons. The highest BCUT2D eigenvalue weighted by atomic mass is 16.5. The zero-order valence-electron chi connectivity index (χ0n) is 29.1. The second kappa shape index (κ2) is 14.3. The van der Waals surface area contributed by atoms with Gasteiger partial charge in [0, 0.05) is 31.7 Å². The Hall–Kier alpha value is -1.47. The number of rotatable bonds is 11. The molecule has 7 nitrogen and oxygen atoms in total. The summed E-state index contributed by atoms with van der Waals surface area (Å²) >= 11 is 0. The van der Waals surface area contributed by atoms with Gasteiger partial charge in [0.15, 0.2) is 0 Å². The van der Waals surface area contributed by atoms with Gasteiger partial charge in [-0.25, -0.2) is 0 Å². The number of aromatic nitrogens is 3. The number of aryl methyl sites for hydroxylation is 1. The molecule has 0 N–H and O–H groups in total. The van der Waals surface area contributed by atoms with E-state index in [4.69, 9.17) is 19.7 Å². The van der Waals surface area contributed by atoms with Crippen LogP contribution in [0.15, 0.2) is 0 Å². The van der Waals surface area contributed by atoms with Gasteiger partial charge in [-0.1, -0.05) is 75.7 Å². The lowest BCUT2D eigenvalue weighted by molar-refractivity contribution is 0.0349. The molecule has 1 aromatic rings. The standard InChI is InChI=1S/C35H64N6O.CH4/c1-27-36-30(40-17-19-42-20-18-40)38-31(37-27)41(29-23-34(6,7)26-35(8,9)24-29)16-14-12-11-13-15-39(10)28-21-32(2,3)25-33(4,5)22-28;/h28-29H,11-26H2,1-10H3;1H4. The fraction of sp³-hybridized carbons (Fsp3) is 0.917. The Kier molecular flexibility index (Phi) is 12.0. The molecular formula is C36H68N6O. The van der Waals surface area contributed by atoms with Crippen molar-refractivity contribution in [2.45, 2.75) is 146 Å². The first kappa shape index (κ1) is 36.0. The summed E-state index contributed by atoms with van der Waals surface area (Å²) in [5, 5.41) is 0. The molecule has 7 heteroatoms. The number of ether oxygens (including phenoxy) is 1. The van der Waals surface area contributed by atoms with E-state index in [1.54, 1.807) is 0 Å². The smallest absolute Gasteiger partial charge is 0.230 e. The molecule has 0 radical (unpaired) electrons. The fourth-order valence-electron chi connectivity index (χ4n) is 9.22. The molecule has 2 heterocycles. The number of morpholine rings is 1. The summed E-state index contributed by atoms with van der Waals surface area (Å²) in [7, 11) is 2.37. The highest BCUT2D eigenvalue weighted by Gasteiger charge is 2.42. The van der Waals surface area contributed by atoms with Gasteiger partial charge in [0.25, 0.3) is 0 Å². The largest absolute Gasteiger partial charge is 0.378 e. The molecule has 0 unspecified atom stereocenters. The third-order valence-corrected chi connectivity index (χ3v) is 10.1. The fourth-order valence-corrected chi connectivity index (χ4v) is 9.22. The van der Waals surface area contributed by atoms with Crippen LogP contribution in [0.25, 0.3) is 0 Å². The first-order valence-electron chi connectivity index (χ1n) is 17.1. The van der Waals surface area contributed by atoms with Gasteiger partial charge in [-0.05, 0) is 93.5 Å². The average Bonchev–Trinajstić information content (AvgIpc) is 2.84. The van der Waals surface area contributed by atoms with Gasteiger partial charge in [-0.2, -0.15) is 15.0 Å². The zero-order valence-corrected chi connectivity index (χ0v) is 29.1. The lowest BCUT2D eigenvalue weighted by Gasteiger charge is -2.48. The van der Waals surface area contributed by atoms with Crippen LogP contribution in [0, 0.1) is 28.6 Å². The predicted octanol–water partition coefficient (Wildman–Crippen LogP) is 8.16. The molecule has 3 fully saturated rings. The second-order valence-electron chi connectivity index (χ2n) is 17.3. The molecule has 2 aliphatic carbocycles. The minimum atomic E-state index is 0. The molecule has 1 aliphatic heterocycles. The SMILES string of the molecule is C.Cc1nc(N2CCOCC2)nc(N(CCCCCCN(C)C2CC(C)(C)CC(C)(C)C2)C2CC(C)(C)CC(C)(C)C2)n1. The lowest BCUT2D eigenvalue weighted by atomic mass is 9.63. The Bertz CT molecular complexity index is 983. The molecule has 1 aromatic heterocycles. The Morgan fingerprint density at radius 3 is 1.72 bits per heavy atom. The van der Waals surface area contributed by atoms with Crippen LogP contribution in [0.1, 0.15) is 133 Å². The third-order valence-electron chi connectivity index (χ3n) is 10.1. The maximum Gasteiger partial charge on any atom is 0.230 e. The lowest BCUT2D eigenvalue weighted by Crippen LogP contribution is -2.47. The monoisotopic (exact) mass is 601 g/mol. The van der Waals surface area contributed by atoms with E-state index in [1.807, 2.05) is 6.92 Å². The van der Waals surface area contributed by atoms with Crippen LogP contribution in [-0.2, 0) is 4.74 Å². The Labute approximate surface area is 266 Å². The summed E-state index contributed by atoms with van der Waals surface area (Å²) in [4.78, 5) is 22.3. The van der Waals surface area contributed by atoms with Crippen molar-refractivity contribution in [3.8, 4) is 0 Å². The van der Waals surface area contributed by atoms with Crippen LogP contribution >= 0.6 is 0 Å². The Balaban J connectivity index is 0.00000506. The van der Waals surface area contributed by atoms with Crippen LogP contribution in [0.5, 0.6) is 0 Å². The van der Waals surface area contributed by atoms with E-state index in [1.165, 1.54) is 70.8 Å². The molecule has 0 amide bonds. The Morgan fingerprint density at radius 2 is 1.19 bits per heavy atom. The second-order valence-corrected chi connectivity index (χ2v) is 17.3. The maximum atomic E-state index is 5.60. The summed E-state index contributed by atoms with van der Waals surface area (Å²) in [5.74, 6) is 2.51. The molecule has 2 saturated carbocycles. The van der Waals surface area contributed by atoms with Gasteiger partial charge in [0.2, 0.25) is 11.9 Å². The Morgan fingerprint density at radius 1 is 0.698 bits per heavy atom. The molecule has 0 bridgehead atoms. The number of hydrogen-bond donors (Lipinski definition) is 0. The van der Waals surface area contributed by atoms with Crippen LogP contribution in [0.4, 0.5) is 11.9 Å². The van der Waals surface area contributed by atoms with Crippen LogP contribution in [0.2, 0.25) is 0 Å². The van der Waals surface area contributed by atoms with Gasteiger partial charge < -0.3 is 19.4 Å². The summed E-state index contributed by atoms with van der Waals surface area (Å²) < 4.78 is 5.60. The van der Waals surface area contributed by atoms with Crippen LogP contribution in [-0.4, -0.2) is 78.4 Å². The first-order chi connectivity index (χ1) is 19.5. The summed E-state index contributed by atoms with van der Waals surface area (Å²) in [6, 6.07) is 1.16. The highest BCUT2D eigenvalue weighted by molar-refractivity contribution is 5.40. The van der Waals surface area contributed by atoms with Gasteiger partial charge in [0.05, 0.1) is 13.2 Å². The summed E-state index contributed by atoms with van der Waals surface area (Å²) in [5.41, 5.74) is 1.52. The van der Waals surface area contributed by atoms with Gasteiger partial charge in [-0.3, -0.25) is 0 Å². The molecule has 0 spiro atoms. The van der Waals surface area contributed by atoms with E-state index >= 15 is 0 Å². The quantitative estimate of drug-likeness (QED) is 0.238. The average molecular weight is 601 g/mol. The molecule has 43 heavy (non-hydrogen) atoms. The van der Waals surface area contributed by atoms with Gasteiger partial charge in [0.1, 0.15) is 5.82 Å². The third kappa shape index (κ3) is 10.5. The first-order valence-corrected chi connectivity index (χ1v) is 17.1. The van der Waals surface area contributed by atoms with E-state index in [0.29, 0.717) is 33.7 Å². The number of hydrogen-bond acceptors (Lipinski definition) is 7. The van der Waals surface area contributed by atoms with Crippen LogP contribution in [0.3, 0.4) is 0 Å². The molecule has 3 aliphatic rings. The van der Waals surface area contributed by atoms with Crippen molar-refractivity contribution < 1.29 is 4.74 Å². The minimum absolute atomic E-state index is 0. The molecule has 0 aromatic carbocycles.